The lowest BCUT2D eigenvalue weighted by Gasteiger charge is -2.15. The van der Waals surface area contributed by atoms with Gasteiger partial charge in [0.1, 0.15) is 12.6 Å². The van der Waals surface area contributed by atoms with E-state index in [0.29, 0.717) is 12.8 Å². The van der Waals surface area contributed by atoms with E-state index in [-0.39, 0.29) is 24.5 Å². The summed E-state index contributed by atoms with van der Waals surface area (Å²) in [5, 5.41) is 11.0. The Labute approximate surface area is 233 Å². The van der Waals surface area contributed by atoms with Crippen molar-refractivity contribution in [2.75, 3.05) is 6.54 Å². The van der Waals surface area contributed by atoms with Crippen molar-refractivity contribution in [3.63, 3.8) is 0 Å². The molecule has 222 valence electrons. The minimum atomic E-state index is -1.03. The summed E-state index contributed by atoms with van der Waals surface area (Å²) in [6.45, 7) is 4.08. The number of aliphatic carboxylic acids is 1. The Kier molecular flexibility index (Phi) is 26.8. The van der Waals surface area contributed by atoms with Crippen molar-refractivity contribution in [2.45, 2.75) is 168 Å². The Morgan fingerprint density at radius 1 is 0.684 bits per heavy atom. The van der Waals surface area contributed by atoms with Gasteiger partial charge in [-0.2, -0.15) is 0 Å². The van der Waals surface area contributed by atoms with Crippen molar-refractivity contribution < 1.29 is 24.2 Å². The third-order valence-electron chi connectivity index (χ3n) is 6.90. The number of hydrogen-bond acceptors (Lipinski definition) is 4. The van der Waals surface area contributed by atoms with Crippen LogP contribution in [-0.2, 0) is 19.1 Å². The van der Waals surface area contributed by atoms with Crippen LogP contribution in [0.3, 0.4) is 0 Å². The number of esters is 1. The van der Waals surface area contributed by atoms with Crippen LogP contribution in [0.15, 0.2) is 12.2 Å². The normalized spacial score (nSPS) is 12.1. The van der Waals surface area contributed by atoms with Gasteiger partial charge in [-0.25, -0.2) is 0 Å². The van der Waals surface area contributed by atoms with Crippen molar-refractivity contribution in [2.24, 2.45) is 0 Å². The zero-order valence-corrected chi connectivity index (χ0v) is 24.8. The van der Waals surface area contributed by atoms with Gasteiger partial charge in [0.25, 0.3) is 0 Å². The molecule has 0 aromatic rings. The number of amides is 1. The number of allylic oxidation sites excluding steroid dienone is 1. The lowest BCUT2D eigenvalue weighted by atomic mass is 10.0. The van der Waals surface area contributed by atoms with Crippen molar-refractivity contribution in [3.8, 4) is 0 Å². The van der Waals surface area contributed by atoms with E-state index >= 15 is 0 Å². The van der Waals surface area contributed by atoms with Crippen LogP contribution in [0.25, 0.3) is 0 Å². The number of carboxylic acids is 1. The molecule has 0 aliphatic rings. The van der Waals surface area contributed by atoms with E-state index in [4.69, 9.17) is 9.84 Å². The third-order valence-corrected chi connectivity index (χ3v) is 6.90. The molecule has 0 aliphatic heterocycles. The van der Waals surface area contributed by atoms with Gasteiger partial charge >= 0.3 is 11.9 Å². The van der Waals surface area contributed by atoms with Gasteiger partial charge in [-0.15, -0.1) is 0 Å². The van der Waals surface area contributed by atoms with Crippen LogP contribution in [0.1, 0.15) is 162 Å². The fraction of sp³-hybridized carbons (Fsp3) is 0.844. The van der Waals surface area contributed by atoms with Crippen LogP contribution >= 0.6 is 0 Å². The molecule has 0 fully saturated rings. The van der Waals surface area contributed by atoms with Crippen molar-refractivity contribution in [1.82, 2.24) is 5.32 Å². The number of nitrogens with one attached hydrogen (secondary N) is 1. The first-order chi connectivity index (χ1) is 18.5. The fourth-order valence-electron chi connectivity index (χ4n) is 4.55. The van der Waals surface area contributed by atoms with E-state index in [1.165, 1.54) is 77.0 Å². The molecule has 1 unspecified atom stereocenters. The SMILES string of the molecule is CCC/C=C\C(CCCCCCC(=O)NCC(=O)O)OC(=O)CCCCCCCCCCCCCCCC. The first-order valence-corrected chi connectivity index (χ1v) is 15.8. The first kappa shape index (κ1) is 36.1. The predicted molar refractivity (Wildman–Crippen MR) is 157 cm³/mol. The number of carboxylic acid groups (broad SMARTS) is 1. The molecule has 0 heterocycles. The molecule has 0 aliphatic carbocycles. The fourth-order valence-corrected chi connectivity index (χ4v) is 4.55. The quantitative estimate of drug-likeness (QED) is 0.0591. The molecule has 0 aromatic heterocycles. The molecule has 0 aromatic carbocycles. The van der Waals surface area contributed by atoms with Crippen molar-refractivity contribution in [3.05, 3.63) is 12.2 Å². The monoisotopic (exact) mass is 537 g/mol. The van der Waals surface area contributed by atoms with E-state index in [1.807, 2.05) is 6.08 Å². The largest absolute Gasteiger partial charge is 0.480 e. The zero-order chi connectivity index (χ0) is 28.1. The Morgan fingerprint density at radius 3 is 1.71 bits per heavy atom. The molecular formula is C32H59NO5. The summed E-state index contributed by atoms with van der Waals surface area (Å²) < 4.78 is 5.76. The summed E-state index contributed by atoms with van der Waals surface area (Å²) in [4.78, 5) is 34.4. The van der Waals surface area contributed by atoms with E-state index in [1.54, 1.807) is 0 Å². The van der Waals surface area contributed by atoms with E-state index < -0.39 is 5.97 Å². The van der Waals surface area contributed by atoms with Gasteiger partial charge in [0.05, 0.1) is 0 Å². The van der Waals surface area contributed by atoms with Gasteiger partial charge in [-0.05, 0) is 38.2 Å². The minimum absolute atomic E-state index is 0.0924. The maximum atomic E-state index is 12.4. The minimum Gasteiger partial charge on any atom is -0.480 e. The summed E-state index contributed by atoms with van der Waals surface area (Å²) in [6.07, 6.45) is 29.5. The van der Waals surface area contributed by atoms with Gasteiger partial charge in [0, 0.05) is 12.8 Å². The van der Waals surface area contributed by atoms with Crippen LogP contribution in [-0.4, -0.2) is 35.6 Å². The van der Waals surface area contributed by atoms with Crippen LogP contribution in [0.5, 0.6) is 0 Å². The molecule has 0 rings (SSSR count). The highest BCUT2D eigenvalue weighted by atomic mass is 16.5. The van der Waals surface area contributed by atoms with E-state index in [2.05, 4.69) is 25.2 Å². The molecule has 0 spiro atoms. The summed E-state index contributed by atoms with van der Waals surface area (Å²) in [5.74, 6) is -1.34. The molecule has 0 saturated carbocycles. The summed E-state index contributed by atoms with van der Waals surface area (Å²) in [7, 11) is 0. The second-order valence-corrected chi connectivity index (χ2v) is 10.7. The summed E-state index contributed by atoms with van der Waals surface area (Å²) in [5.41, 5.74) is 0. The second kappa shape index (κ2) is 28.2. The van der Waals surface area contributed by atoms with Crippen LogP contribution in [0, 0.1) is 0 Å². The Hall–Kier alpha value is -1.85. The molecule has 0 saturated heterocycles. The maximum Gasteiger partial charge on any atom is 0.322 e. The van der Waals surface area contributed by atoms with Gasteiger partial charge in [0.15, 0.2) is 0 Å². The summed E-state index contributed by atoms with van der Waals surface area (Å²) in [6, 6.07) is 0. The number of carbonyl (C=O) groups excluding carboxylic acids is 2. The Bertz CT molecular complexity index is 605. The second-order valence-electron chi connectivity index (χ2n) is 10.7. The number of unbranched alkanes of at least 4 members (excludes halogenated alkanes) is 17. The Morgan fingerprint density at radius 2 is 1.18 bits per heavy atom. The molecule has 38 heavy (non-hydrogen) atoms. The molecule has 1 amide bonds. The van der Waals surface area contributed by atoms with E-state index in [0.717, 1.165) is 57.8 Å². The summed E-state index contributed by atoms with van der Waals surface area (Å²) >= 11 is 0. The number of ether oxygens (including phenoxy) is 1. The highest BCUT2D eigenvalue weighted by molar-refractivity contribution is 5.80. The zero-order valence-electron chi connectivity index (χ0n) is 24.8. The molecule has 6 heteroatoms. The smallest absolute Gasteiger partial charge is 0.322 e. The molecule has 2 N–H and O–H groups in total. The molecule has 0 radical (unpaired) electrons. The van der Waals surface area contributed by atoms with E-state index in [9.17, 15) is 14.4 Å². The average molecular weight is 538 g/mol. The Balaban J connectivity index is 3.84. The predicted octanol–water partition coefficient (Wildman–Crippen LogP) is 8.67. The van der Waals surface area contributed by atoms with Crippen LogP contribution < -0.4 is 5.32 Å². The highest BCUT2D eigenvalue weighted by Gasteiger charge is 2.11. The standard InChI is InChI=1S/C32H59NO5/c1-3-5-7-8-9-10-11-12-13-14-15-16-17-23-27-32(37)38-29(24-20-6-4-2)25-21-18-19-22-26-30(34)33-28-31(35)36/h20,24,29H,3-19,21-23,25-28H2,1-2H3,(H,33,34)(H,35,36)/b24-20-. The highest BCUT2D eigenvalue weighted by Crippen LogP contribution is 2.15. The van der Waals surface area contributed by atoms with Crippen LogP contribution in [0.4, 0.5) is 0 Å². The molecule has 0 bridgehead atoms. The third kappa shape index (κ3) is 27.2. The number of carbonyl (C=O) groups is 3. The number of hydrogen-bond donors (Lipinski definition) is 2. The lowest BCUT2D eigenvalue weighted by molar-refractivity contribution is -0.147. The molecule has 1 atom stereocenters. The van der Waals surface area contributed by atoms with Gasteiger partial charge in [0.2, 0.25) is 5.91 Å². The van der Waals surface area contributed by atoms with Gasteiger partial charge in [-0.1, -0.05) is 123 Å². The van der Waals surface area contributed by atoms with Gasteiger partial charge in [-0.3, -0.25) is 14.4 Å². The van der Waals surface area contributed by atoms with Gasteiger partial charge < -0.3 is 15.2 Å². The lowest BCUT2D eigenvalue weighted by Crippen LogP contribution is -2.28. The van der Waals surface area contributed by atoms with Crippen molar-refractivity contribution in [1.29, 1.82) is 0 Å². The topological polar surface area (TPSA) is 92.7 Å². The number of rotatable bonds is 28. The average Bonchev–Trinajstić information content (AvgIpc) is 2.89. The first-order valence-electron chi connectivity index (χ1n) is 15.8. The van der Waals surface area contributed by atoms with Crippen molar-refractivity contribution >= 4 is 17.8 Å². The maximum absolute atomic E-state index is 12.4. The van der Waals surface area contributed by atoms with Crippen LogP contribution in [0.2, 0.25) is 0 Å². The molecule has 6 nitrogen and oxygen atoms in total. The molecular weight excluding hydrogens is 478 g/mol.